The van der Waals surface area contributed by atoms with Crippen LogP contribution in [0.3, 0.4) is 0 Å². The Hall–Kier alpha value is -2.81. The van der Waals surface area contributed by atoms with Gasteiger partial charge in [-0.15, -0.1) is 24.0 Å². The number of benzene rings is 2. The molecule has 146 valence electrons. The molecular formula is C21H23IN4O2. The van der Waals surface area contributed by atoms with Gasteiger partial charge in [0, 0.05) is 11.4 Å². The van der Waals surface area contributed by atoms with Crippen molar-refractivity contribution in [1.82, 2.24) is 0 Å². The molecule has 1 amide bonds. The molecule has 3 rings (SSSR count). The molecule has 0 aliphatic rings. The van der Waals surface area contributed by atoms with Crippen molar-refractivity contribution in [3.05, 3.63) is 83.3 Å². The minimum atomic E-state index is -0.285. The van der Waals surface area contributed by atoms with Crippen molar-refractivity contribution in [3.63, 3.8) is 0 Å². The summed E-state index contributed by atoms with van der Waals surface area (Å²) < 4.78 is 5.07. The van der Waals surface area contributed by atoms with E-state index in [1.165, 1.54) is 6.26 Å². The second-order valence-electron chi connectivity index (χ2n) is 6.33. The van der Waals surface area contributed by atoms with Gasteiger partial charge in [-0.1, -0.05) is 18.2 Å². The van der Waals surface area contributed by atoms with Gasteiger partial charge in [0.1, 0.15) is 0 Å². The van der Waals surface area contributed by atoms with E-state index >= 15 is 0 Å². The Kier molecular flexibility index (Phi) is 7.62. The molecule has 0 aliphatic heterocycles. The molecule has 7 heteroatoms. The molecule has 2 aromatic carbocycles. The fraction of sp³-hybridized carbons (Fsp3) is 0.143. The van der Waals surface area contributed by atoms with E-state index in [0.717, 1.165) is 22.4 Å². The summed E-state index contributed by atoms with van der Waals surface area (Å²) >= 11 is 0. The van der Waals surface area contributed by atoms with Crippen LogP contribution in [0.15, 0.2) is 70.3 Å². The van der Waals surface area contributed by atoms with E-state index in [0.29, 0.717) is 18.2 Å². The Morgan fingerprint density at radius 3 is 2.29 bits per heavy atom. The molecule has 0 atom stereocenters. The van der Waals surface area contributed by atoms with Gasteiger partial charge < -0.3 is 20.8 Å². The molecule has 1 aromatic heterocycles. The molecule has 0 saturated carbocycles. The lowest BCUT2D eigenvalue weighted by Crippen LogP contribution is -2.22. The molecule has 0 saturated heterocycles. The van der Waals surface area contributed by atoms with Crippen LogP contribution in [0.2, 0.25) is 0 Å². The molecule has 0 fully saturated rings. The number of amides is 1. The minimum absolute atomic E-state index is 0. The Morgan fingerprint density at radius 2 is 1.68 bits per heavy atom. The number of anilines is 2. The van der Waals surface area contributed by atoms with Crippen molar-refractivity contribution in [1.29, 1.82) is 0 Å². The van der Waals surface area contributed by atoms with Crippen molar-refractivity contribution in [3.8, 4) is 0 Å². The fourth-order valence-corrected chi connectivity index (χ4v) is 2.70. The second kappa shape index (κ2) is 9.93. The Balaban J connectivity index is 0.00000280. The van der Waals surface area contributed by atoms with Gasteiger partial charge >= 0.3 is 0 Å². The highest BCUT2D eigenvalue weighted by Crippen LogP contribution is 2.14. The zero-order valence-corrected chi connectivity index (χ0v) is 18.1. The van der Waals surface area contributed by atoms with E-state index in [1.54, 1.807) is 12.1 Å². The average Bonchev–Trinajstić information content (AvgIpc) is 3.15. The lowest BCUT2D eigenvalue weighted by molar-refractivity contribution is 0.0996. The number of nitrogens with one attached hydrogen (secondary N) is 2. The van der Waals surface area contributed by atoms with Gasteiger partial charge in [-0.25, -0.2) is 4.99 Å². The number of hydrogen-bond acceptors (Lipinski definition) is 3. The summed E-state index contributed by atoms with van der Waals surface area (Å²) in [7, 11) is 0. The third-order valence-electron chi connectivity index (χ3n) is 3.88. The van der Waals surface area contributed by atoms with Crippen LogP contribution in [0.5, 0.6) is 0 Å². The quantitative estimate of drug-likeness (QED) is 0.275. The smallest absolute Gasteiger partial charge is 0.291 e. The van der Waals surface area contributed by atoms with E-state index in [-0.39, 0.29) is 35.6 Å². The SMILES string of the molecule is Cc1cc(C)cc(NC(N)=NCc2ccc(NC(=O)c3ccco3)cc2)c1.I. The molecule has 6 nitrogen and oxygen atoms in total. The number of rotatable bonds is 5. The zero-order valence-electron chi connectivity index (χ0n) is 15.7. The predicted octanol–water partition coefficient (Wildman–Crippen LogP) is 4.69. The van der Waals surface area contributed by atoms with Crippen molar-refractivity contribution in [2.75, 3.05) is 10.6 Å². The summed E-state index contributed by atoms with van der Waals surface area (Å²) in [5.74, 6) is 0.344. The molecule has 4 N–H and O–H groups in total. The maximum atomic E-state index is 11.9. The largest absolute Gasteiger partial charge is 0.459 e. The number of nitrogens with two attached hydrogens (primary N) is 1. The van der Waals surface area contributed by atoms with Crippen LogP contribution in [-0.4, -0.2) is 11.9 Å². The number of carbonyl (C=O) groups is 1. The fourth-order valence-electron chi connectivity index (χ4n) is 2.70. The summed E-state index contributed by atoms with van der Waals surface area (Å²) in [6.07, 6.45) is 1.46. The van der Waals surface area contributed by atoms with Gasteiger partial charge in [0.05, 0.1) is 12.8 Å². The molecule has 0 aliphatic carbocycles. The molecule has 0 radical (unpaired) electrons. The molecule has 1 heterocycles. The van der Waals surface area contributed by atoms with E-state index in [2.05, 4.69) is 21.7 Å². The first-order valence-electron chi connectivity index (χ1n) is 8.58. The van der Waals surface area contributed by atoms with Gasteiger partial charge in [0.25, 0.3) is 5.91 Å². The Labute approximate surface area is 181 Å². The van der Waals surface area contributed by atoms with Crippen LogP contribution in [-0.2, 0) is 6.54 Å². The highest BCUT2D eigenvalue weighted by atomic mass is 127. The van der Waals surface area contributed by atoms with Gasteiger partial charge in [0.15, 0.2) is 11.7 Å². The number of carbonyl (C=O) groups excluding carboxylic acids is 1. The van der Waals surface area contributed by atoms with Gasteiger partial charge in [-0.2, -0.15) is 0 Å². The van der Waals surface area contributed by atoms with Crippen LogP contribution in [0.4, 0.5) is 11.4 Å². The summed E-state index contributed by atoms with van der Waals surface area (Å²) in [5.41, 5.74) is 10.9. The standard InChI is InChI=1S/C21H22N4O2.HI/c1-14-10-15(2)12-18(11-14)25-21(22)23-13-16-5-7-17(8-6-16)24-20(26)19-4-3-9-27-19;/h3-12H,13H2,1-2H3,(H,24,26)(H3,22,23,25);1H. The number of guanidine groups is 1. The monoisotopic (exact) mass is 490 g/mol. The lowest BCUT2D eigenvalue weighted by Gasteiger charge is -2.08. The molecule has 0 spiro atoms. The van der Waals surface area contributed by atoms with Gasteiger partial charge in [0.2, 0.25) is 0 Å². The van der Waals surface area contributed by atoms with E-state index in [1.807, 2.05) is 50.2 Å². The maximum Gasteiger partial charge on any atom is 0.291 e. The van der Waals surface area contributed by atoms with Crippen LogP contribution in [0, 0.1) is 13.8 Å². The molecule has 28 heavy (non-hydrogen) atoms. The predicted molar refractivity (Wildman–Crippen MR) is 123 cm³/mol. The molecular weight excluding hydrogens is 467 g/mol. The van der Waals surface area contributed by atoms with Crippen LogP contribution >= 0.6 is 24.0 Å². The summed E-state index contributed by atoms with van der Waals surface area (Å²) in [5, 5.41) is 5.88. The number of nitrogens with zero attached hydrogens (tertiary/aromatic N) is 1. The van der Waals surface area contributed by atoms with Crippen molar-refractivity contribution in [2.24, 2.45) is 10.7 Å². The third kappa shape index (κ3) is 6.12. The topological polar surface area (TPSA) is 92.6 Å². The van der Waals surface area contributed by atoms with Gasteiger partial charge in [-0.05, 0) is 66.9 Å². The minimum Gasteiger partial charge on any atom is -0.459 e. The zero-order chi connectivity index (χ0) is 19.2. The van der Waals surface area contributed by atoms with Crippen LogP contribution in [0.1, 0.15) is 27.2 Å². The van der Waals surface area contributed by atoms with Crippen molar-refractivity contribution >= 4 is 47.2 Å². The van der Waals surface area contributed by atoms with Crippen LogP contribution < -0.4 is 16.4 Å². The normalized spacial score (nSPS) is 10.9. The highest BCUT2D eigenvalue weighted by molar-refractivity contribution is 14.0. The number of aliphatic imine (C=N–C) groups is 1. The number of furan rings is 1. The molecule has 0 bridgehead atoms. The lowest BCUT2D eigenvalue weighted by atomic mass is 10.1. The van der Waals surface area contributed by atoms with E-state index in [4.69, 9.17) is 10.2 Å². The van der Waals surface area contributed by atoms with Gasteiger partial charge in [-0.3, -0.25) is 4.79 Å². The number of hydrogen-bond donors (Lipinski definition) is 3. The Bertz CT molecular complexity index is 931. The first-order valence-corrected chi connectivity index (χ1v) is 8.58. The van der Waals surface area contributed by atoms with Crippen LogP contribution in [0.25, 0.3) is 0 Å². The number of halogens is 1. The molecule has 0 unspecified atom stereocenters. The van der Waals surface area contributed by atoms with Crippen molar-refractivity contribution < 1.29 is 9.21 Å². The van der Waals surface area contributed by atoms with E-state index in [9.17, 15) is 4.79 Å². The summed E-state index contributed by atoms with van der Waals surface area (Å²) in [6.45, 7) is 4.52. The second-order valence-corrected chi connectivity index (χ2v) is 6.33. The Morgan fingerprint density at radius 1 is 1.00 bits per heavy atom. The van der Waals surface area contributed by atoms with Crippen molar-refractivity contribution in [2.45, 2.75) is 20.4 Å². The summed E-state index contributed by atoms with van der Waals surface area (Å²) in [4.78, 5) is 16.3. The average molecular weight is 490 g/mol. The highest BCUT2D eigenvalue weighted by Gasteiger charge is 2.08. The molecule has 3 aromatic rings. The maximum absolute atomic E-state index is 11.9. The number of aryl methyl sites for hydroxylation is 2. The third-order valence-corrected chi connectivity index (χ3v) is 3.88. The summed E-state index contributed by atoms with van der Waals surface area (Å²) in [6, 6.07) is 16.9. The van der Waals surface area contributed by atoms with E-state index < -0.39 is 0 Å². The first kappa shape index (κ1) is 21.5. The first-order chi connectivity index (χ1) is 13.0.